The summed E-state index contributed by atoms with van der Waals surface area (Å²) in [6.45, 7) is 0. The van der Waals surface area contributed by atoms with Crippen LogP contribution in [0.3, 0.4) is 0 Å². The molecule has 0 fully saturated rings. The molecule has 194 valence electrons. The number of hydrogen-bond donors (Lipinski definition) is 0. The van der Waals surface area contributed by atoms with Gasteiger partial charge in [0.25, 0.3) is 0 Å². The molecule has 41 heavy (non-hydrogen) atoms. The SMILES string of the molecule is Cn1c(-c2ccc3c4ccccc4n(-c4cccc(-c5ccccn5)c4)c3c2)nc2ccc(-c3cccnc3)cc21. The highest BCUT2D eigenvalue weighted by Gasteiger charge is 2.17. The highest BCUT2D eigenvalue weighted by molar-refractivity contribution is 6.10. The van der Waals surface area contributed by atoms with Crippen molar-refractivity contribution in [3.63, 3.8) is 0 Å². The molecule has 4 aromatic heterocycles. The van der Waals surface area contributed by atoms with Gasteiger partial charge in [-0.25, -0.2) is 4.98 Å². The Hall–Kier alpha value is -5.55. The molecule has 0 radical (unpaired) electrons. The summed E-state index contributed by atoms with van der Waals surface area (Å²) < 4.78 is 4.54. The lowest BCUT2D eigenvalue weighted by Crippen LogP contribution is -1.96. The lowest BCUT2D eigenvalue weighted by Gasteiger charge is -2.11. The fourth-order valence-corrected chi connectivity index (χ4v) is 5.89. The zero-order valence-corrected chi connectivity index (χ0v) is 22.4. The molecule has 8 rings (SSSR count). The van der Waals surface area contributed by atoms with Crippen molar-refractivity contribution in [1.29, 1.82) is 0 Å². The van der Waals surface area contributed by atoms with Crippen molar-refractivity contribution in [2.24, 2.45) is 7.05 Å². The maximum Gasteiger partial charge on any atom is 0.140 e. The molecular formula is C36H25N5. The summed E-state index contributed by atoms with van der Waals surface area (Å²) in [5.41, 5.74) is 10.8. The van der Waals surface area contributed by atoms with E-state index in [-0.39, 0.29) is 0 Å². The Labute approximate surface area is 237 Å². The number of para-hydroxylation sites is 1. The van der Waals surface area contributed by atoms with E-state index in [2.05, 4.69) is 123 Å². The quantitative estimate of drug-likeness (QED) is 0.231. The number of imidazole rings is 1. The first-order chi connectivity index (χ1) is 20.2. The number of benzene rings is 4. The maximum atomic E-state index is 5.06. The topological polar surface area (TPSA) is 48.5 Å². The Morgan fingerprint density at radius 3 is 2.27 bits per heavy atom. The molecule has 0 saturated carbocycles. The van der Waals surface area contributed by atoms with E-state index >= 15 is 0 Å². The minimum atomic E-state index is 0.935. The van der Waals surface area contributed by atoms with E-state index in [1.807, 2.05) is 30.6 Å². The van der Waals surface area contributed by atoms with Crippen LogP contribution in [0.2, 0.25) is 0 Å². The Morgan fingerprint density at radius 1 is 0.561 bits per heavy atom. The van der Waals surface area contributed by atoms with Crippen molar-refractivity contribution in [2.45, 2.75) is 0 Å². The lowest BCUT2D eigenvalue weighted by molar-refractivity contribution is 0.959. The number of hydrogen-bond acceptors (Lipinski definition) is 3. The third-order valence-corrected chi connectivity index (χ3v) is 7.87. The first-order valence-corrected chi connectivity index (χ1v) is 13.7. The van der Waals surface area contributed by atoms with Crippen LogP contribution in [0.1, 0.15) is 0 Å². The molecule has 4 heterocycles. The molecule has 0 aliphatic rings. The Balaban J connectivity index is 1.32. The number of rotatable bonds is 4. The van der Waals surface area contributed by atoms with Gasteiger partial charge in [-0.05, 0) is 60.2 Å². The number of fused-ring (bicyclic) bond motifs is 4. The summed E-state index contributed by atoms with van der Waals surface area (Å²) in [6, 6.07) is 40.4. The zero-order valence-electron chi connectivity index (χ0n) is 22.4. The molecule has 0 atom stereocenters. The van der Waals surface area contributed by atoms with Gasteiger partial charge in [0, 0.05) is 58.8 Å². The average Bonchev–Trinajstić information content (AvgIpc) is 3.55. The van der Waals surface area contributed by atoms with Crippen LogP contribution in [0.5, 0.6) is 0 Å². The van der Waals surface area contributed by atoms with Crippen molar-refractivity contribution in [2.75, 3.05) is 0 Å². The van der Waals surface area contributed by atoms with Crippen LogP contribution in [-0.2, 0) is 7.05 Å². The fourth-order valence-electron chi connectivity index (χ4n) is 5.89. The summed E-state index contributed by atoms with van der Waals surface area (Å²) in [6.07, 6.45) is 5.54. The summed E-state index contributed by atoms with van der Waals surface area (Å²) >= 11 is 0. The number of nitrogens with zero attached hydrogens (tertiary/aromatic N) is 5. The predicted molar refractivity (Wildman–Crippen MR) is 167 cm³/mol. The first-order valence-electron chi connectivity index (χ1n) is 13.7. The first kappa shape index (κ1) is 23.3. The van der Waals surface area contributed by atoms with Gasteiger partial charge in [-0.2, -0.15) is 0 Å². The van der Waals surface area contributed by atoms with Crippen molar-refractivity contribution < 1.29 is 0 Å². The third kappa shape index (κ3) is 3.82. The fraction of sp³-hybridized carbons (Fsp3) is 0.0278. The molecule has 0 N–H and O–H groups in total. The van der Waals surface area contributed by atoms with Crippen LogP contribution in [0.15, 0.2) is 134 Å². The van der Waals surface area contributed by atoms with E-state index in [0.29, 0.717) is 0 Å². The zero-order chi connectivity index (χ0) is 27.3. The Bertz CT molecular complexity index is 2210. The monoisotopic (exact) mass is 527 g/mol. The van der Waals surface area contributed by atoms with Gasteiger partial charge in [0.05, 0.1) is 27.8 Å². The molecular weight excluding hydrogens is 502 g/mol. The molecule has 8 aromatic rings. The van der Waals surface area contributed by atoms with Crippen LogP contribution in [0, 0.1) is 0 Å². The molecule has 5 nitrogen and oxygen atoms in total. The summed E-state index contributed by atoms with van der Waals surface area (Å²) in [5.74, 6) is 0.935. The minimum absolute atomic E-state index is 0.935. The second-order valence-corrected chi connectivity index (χ2v) is 10.3. The van der Waals surface area contributed by atoms with Crippen LogP contribution in [0.4, 0.5) is 0 Å². The van der Waals surface area contributed by atoms with E-state index < -0.39 is 0 Å². The van der Waals surface area contributed by atoms with E-state index in [9.17, 15) is 0 Å². The van der Waals surface area contributed by atoms with Gasteiger partial charge >= 0.3 is 0 Å². The second-order valence-electron chi connectivity index (χ2n) is 10.3. The molecule has 0 spiro atoms. The number of pyridine rings is 2. The normalized spacial score (nSPS) is 11.5. The van der Waals surface area contributed by atoms with Gasteiger partial charge in [0.15, 0.2) is 0 Å². The number of aryl methyl sites for hydroxylation is 1. The Kier molecular flexibility index (Phi) is 5.28. The summed E-state index contributed by atoms with van der Waals surface area (Å²) in [4.78, 5) is 13.9. The van der Waals surface area contributed by atoms with E-state index in [4.69, 9.17) is 4.98 Å². The smallest absolute Gasteiger partial charge is 0.140 e. The summed E-state index contributed by atoms with van der Waals surface area (Å²) in [7, 11) is 2.09. The van der Waals surface area contributed by atoms with E-state index in [1.54, 1.807) is 6.20 Å². The van der Waals surface area contributed by atoms with Crippen LogP contribution >= 0.6 is 0 Å². The van der Waals surface area contributed by atoms with Crippen molar-refractivity contribution in [1.82, 2.24) is 24.1 Å². The van der Waals surface area contributed by atoms with E-state index in [1.165, 1.54) is 16.3 Å². The molecule has 0 saturated heterocycles. The molecule has 4 aromatic carbocycles. The van der Waals surface area contributed by atoms with Gasteiger partial charge in [0.2, 0.25) is 0 Å². The van der Waals surface area contributed by atoms with Gasteiger partial charge in [-0.1, -0.05) is 60.7 Å². The highest BCUT2D eigenvalue weighted by Crippen LogP contribution is 2.36. The Morgan fingerprint density at radius 2 is 1.39 bits per heavy atom. The maximum absolute atomic E-state index is 5.06. The second kappa shape index (κ2) is 9.28. The van der Waals surface area contributed by atoms with E-state index in [0.717, 1.165) is 56.0 Å². The third-order valence-electron chi connectivity index (χ3n) is 7.87. The summed E-state index contributed by atoms with van der Waals surface area (Å²) in [5, 5.41) is 2.44. The standard InChI is InChI=1S/C36H25N5/c1-40-35-21-24(27-9-7-18-37-23-27)15-17-32(35)39-36(40)26-14-16-30-29-11-2-3-13-33(29)41(34(30)22-26)28-10-6-8-25(20-28)31-12-4-5-19-38-31/h2-23H,1H3. The highest BCUT2D eigenvalue weighted by atomic mass is 15.1. The van der Waals surface area contributed by atoms with Gasteiger partial charge in [-0.3, -0.25) is 9.97 Å². The minimum Gasteiger partial charge on any atom is -0.327 e. The van der Waals surface area contributed by atoms with Crippen LogP contribution < -0.4 is 0 Å². The predicted octanol–water partition coefficient (Wildman–Crippen LogP) is 8.46. The van der Waals surface area contributed by atoms with Crippen molar-refractivity contribution in [3.05, 3.63) is 134 Å². The molecule has 0 bridgehead atoms. The van der Waals surface area contributed by atoms with Crippen LogP contribution in [0.25, 0.3) is 72.3 Å². The van der Waals surface area contributed by atoms with Gasteiger partial charge < -0.3 is 9.13 Å². The van der Waals surface area contributed by atoms with Crippen molar-refractivity contribution in [3.8, 4) is 39.5 Å². The number of aromatic nitrogens is 5. The molecule has 0 unspecified atom stereocenters. The molecule has 0 aliphatic carbocycles. The largest absolute Gasteiger partial charge is 0.327 e. The van der Waals surface area contributed by atoms with Crippen molar-refractivity contribution >= 4 is 32.8 Å². The molecule has 5 heteroatoms. The molecule has 0 aliphatic heterocycles. The lowest BCUT2D eigenvalue weighted by atomic mass is 10.1. The molecule has 0 amide bonds. The van der Waals surface area contributed by atoms with Crippen LogP contribution in [-0.4, -0.2) is 24.1 Å². The van der Waals surface area contributed by atoms with Gasteiger partial charge in [0.1, 0.15) is 5.82 Å². The van der Waals surface area contributed by atoms with Gasteiger partial charge in [-0.15, -0.1) is 0 Å². The average molecular weight is 528 g/mol.